The number of hydrogen-bond acceptors (Lipinski definition) is 5. The second-order valence-corrected chi connectivity index (χ2v) is 6.51. The zero-order chi connectivity index (χ0) is 14.7. The van der Waals surface area contributed by atoms with Crippen LogP contribution in [0.2, 0.25) is 0 Å². The van der Waals surface area contributed by atoms with Gasteiger partial charge in [0.05, 0.1) is 12.1 Å². The summed E-state index contributed by atoms with van der Waals surface area (Å²) >= 11 is 3.50. The van der Waals surface area contributed by atoms with Gasteiger partial charge in [-0.1, -0.05) is 41.9 Å². The Balaban J connectivity index is 2.27. The van der Waals surface area contributed by atoms with E-state index in [0.717, 1.165) is 17.3 Å². The Kier molecular flexibility index (Phi) is 5.01. The van der Waals surface area contributed by atoms with Gasteiger partial charge >= 0.3 is 0 Å². The molecule has 110 valence electrons. The van der Waals surface area contributed by atoms with Gasteiger partial charge < -0.3 is 0 Å². The van der Waals surface area contributed by atoms with Crippen molar-refractivity contribution in [2.24, 2.45) is 22.6 Å². The van der Waals surface area contributed by atoms with Crippen LogP contribution < -0.4 is 17.1 Å². The summed E-state index contributed by atoms with van der Waals surface area (Å²) in [5.74, 6) is 12.8. The third-order valence-electron chi connectivity index (χ3n) is 3.52. The number of nitrogens with zero attached hydrogens (tertiary/aromatic N) is 2. The van der Waals surface area contributed by atoms with E-state index in [1.54, 1.807) is 5.01 Å². The van der Waals surface area contributed by atoms with Gasteiger partial charge in [-0.05, 0) is 36.5 Å². The summed E-state index contributed by atoms with van der Waals surface area (Å²) in [5.41, 5.74) is 3.79. The number of nitrogens with two attached hydrogens (primary N) is 2. The van der Waals surface area contributed by atoms with E-state index >= 15 is 0 Å². The molecule has 0 radical (unpaired) electrons. The number of aliphatic imine (C=N–C) groups is 1. The highest BCUT2D eigenvalue weighted by molar-refractivity contribution is 9.10. The Morgan fingerprint density at radius 1 is 1.50 bits per heavy atom. The van der Waals surface area contributed by atoms with Crippen molar-refractivity contribution in [3.8, 4) is 0 Å². The number of hydrogen-bond donors (Lipinski definition) is 3. The minimum Gasteiger partial charge on any atom is -0.293 e. The van der Waals surface area contributed by atoms with Gasteiger partial charge in [-0.3, -0.25) is 10.4 Å². The predicted octanol–water partition coefficient (Wildman–Crippen LogP) is 2.30. The molecule has 2 unspecified atom stereocenters. The first kappa shape index (κ1) is 15.3. The van der Waals surface area contributed by atoms with Crippen molar-refractivity contribution in [1.29, 1.82) is 0 Å². The van der Waals surface area contributed by atoms with E-state index < -0.39 is 0 Å². The van der Waals surface area contributed by atoms with E-state index in [2.05, 4.69) is 52.3 Å². The van der Waals surface area contributed by atoms with Gasteiger partial charge in [0.1, 0.15) is 0 Å². The topological polar surface area (TPSA) is 79.7 Å². The molecule has 20 heavy (non-hydrogen) atoms. The fraction of sp³-hybridized carbons (Fsp3) is 0.500. The highest BCUT2D eigenvalue weighted by Crippen LogP contribution is 2.31. The SMILES string of the molecule is CC(C)CC1CC(c2cccc(Br)c2)N=C(NN)N1N. The second kappa shape index (κ2) is 6.56. The molecular weight excluding hydrogens is 318 g/mol. The zero-order valence-electron chi connectivity index (χ0n) is 11.9. The summed E-state index contributed by atoms with van der Waals surface area (Å²) in [4.78, 5) is 4.61. The number of hydrazine groups is 2. The molecule has 1 aromatic rings. The zero-order valence-corrected chi connectivity index (χ0v) is 13.5. The Morgan fingerprint density at radius 3 is 2.85 bits per heavy atom. The first-order valence-corrected chi connectivity index (χ1v) is 7.64. The molecule has 2 rings (SSSR count). The molecule has 0 fully saturated rings. The smallest absolute Gasteiger partial charge is 0.223 e. The maximum Gasteiger partial charge on any atom is 0.223 e. The molecule has 5 N–H and O–H groups in total. The summed E-state index contributed by atoms with van der Waals surface area (Å²) in [6.07, 6.45) is 1.91. The monoisotopic (exact) mass is 339 g/mol. The van der Waals surface area contributed by atoms with Gasteiger partial charge in [-0.2, -0.15) is 0 Å². The first-order chi connectivity index (χ1) is 9.51. The molecule has 0 saturated carbocycles. The number of benzene rings is 1. The second-order valence-electron chi connectivity index (χ2n) is 5.59. The number of guanidine groups is 1. The molecule has 0 saturated heterocycles. The van der Waals surface area contributed by atoms with Crippen molar-refractivity contribution in [3.05, 3.63) is 34.3 Å². The lowest BCUT2D eigenvalue weighted by molar-refractivity contribution is 0.224. The molecule has 1 aromatic carbocycles. The van der Waals surface area contributed by atoms with E-state index in [9.17, 15) is 0 Å². The molecule has 0 amide bonds. The van der Waals surface area contributed by atoms with E-state index in [-0.39, 0.29) is 12.1 Å². The van der Waals surface area contributed by atoms with Crippen LogP contribution in [0.15, 0.2) is 33.7 Å². The largest absolute Gasteiger partial charge is 0.293 e. The van der Waals surface area contributed by atoms with Crippen molar-refractivity contribution < 1.29 is 0 Å². The van der Waals surface area contributed by atoms with Crippen LogP contribution in [0.4, 0.5) is 0 Å². The van der Waals surface area contributed by atoms with Crippen LogP contribution in [0.1, 0.15) is 38.3 Å². The maximum atomic E-state index is 6.10. The molecule has 1 aliphatic heterocycles. The van der Waals surface area contributed by atoms with Gasteiger partial charge in [0.25, 0.3) is 0 Å². The van der Waals surface area contributed by atoms with Crippen LogP contribution in [0.3, 0.4) is 0 Å². The van der Waals surface area contributed by atoms with Crippen LogP contribution in [-0.2, 0) is 0 Å². The highest BCUT2D eigenvalue weighted by atomic mass is 79.9. The van der Waals surface area contributed by atoms with E-state index in [0.29, 0.717) is 11.9 Å². The lowest BCUT2D eigenvalue weighted by atomic mass is 9.92. The molecule has 0 spiro atoms. The van der Waals surface area contributed by atoms with Gasteiger partial charge in [0.2, 0.25) is 5.96 Å². The minimum absolute atomic E-state index is 0.0853. The summed E-state index contributed by atoms with van der Waals surface area (Å²) in [6, 6.07) is 8.55. The normalized spacial score (nSPS) is 22.9. The number of rotatable bonds is 3. The van der Waals surface area contributed by atoms with E-state index in [4.69, 9.17) is 11.7 Å². The molecule has 2 atom stereocenters. The van der Waals surface area contributed by atoms with Crippen LogP contribution in [0.5, 0.6) is 0 Å². The third kappa shape index (κ3) is 3.50. The molecule has 1 aliphatic rings. The molecule has 0 bridgehead atoms. The average molecular weight is 340 g/mol. The van der Waals surface area contributed by atoms with Crippen molar-refractivity contribution in [1.82, 2.24) is 10.4 Å². The van der Waals surface area contributed by atoms with Gasteiger partial charge in [-0.15, -0.1) is 0 Å². The quantitative estimate of drug-likeness (QED) is 0.583. The van der Waals surface area contributed by atoms with Gasteiger partial charge in [0, 0.05) is 4.47 Å². The van der Waals surface area contributed by atoms with Crippen LogP contribution >= 0.6 is 15.9 Å². The molecule has 1 heterocycles. The van der Waals surface area contributed by atoms with Crippen molar-refractivity contribution >= 4 is 21.9 Å². The first-order valence-electron chi connectivity index (χ1n) is 6.85. The lowest BCUT2D eigenvalue weighted by Crippen LogP contribution is -2.56. The van der Waals surface area contributed by atoms with E-state index in [1.165, 1.54) is 5.56 Å². The van der Waals surface area contributed by atoms with Crippen molar-refractivity contribution in [3.63, 3.8) is 0 Å². The minimum atomic E-state index is 0.0853. The summed E-state index contributed by atoms with van der Waals surface area (Å²) in [6.45, 7) is 4.40. The van der Waals surface area contributed by atoms with E-state index in [1.807, 2.05) is 12.1 Å². The Bertz CT molecular complexity index is 488. The average Bonchev–Trinajstić information content (AvgIpc) is 2.40. The molecular formula is C14H22BrN5. The predicted molar refractivity (Wildman–Crippen MR) is 85.5 cm³/mol. The standard InChI is InChI=1S/C14H22BrN5/c1-9(2)6-12-8-13(18-14(19-16)20(12)17)10-4-3-5-11(15)7-10/h3-5,7,9,12-13H,6,8,16-17H2,1-2H3,(H,18,19). The molecule has 0 aliphatic carbocycles. The fourth-order valence-electron chi connectivity index (χ4n) is 2.60. The van der Waals surface area contributed by atoms with Crippen LogP contribution in [-0.4, -0.2) is 17.0 Å². The van der Waals surface area contributed by atoms with Crippen molar-refractivity contribution in [2.75, 3.05) is 0 Å². The number of halogens is 1. The molecule has 5 nitrogen and oxygen atoms in total. The highest BCUT2D eigenvalue weighted by Gasteiger charge is 2.29. The Labute approximate surface area is 128 Å². The Morgan fingerprint density at radius 2 is 2.25 bits per heavy atom. The van der Waals surface area contributed by atoms with Crippen LogP contribution in [0.25, 0.3) is 0 Å². The fourth-order valence-corrected chi connectivity index (χ4v) is 3.02. The number of nitrogens with one attached hydrogen (secondary N) is 1. The lowest BCUT2D eigenvalue weighted by Gasteiger charge is -2.37. The van der Waals surface area contributed by atoms with Gasteiger partial charge in [0.15, 0.2) is 0 Å². The maximum absolute atomic E-state index is 6.10. The molecule has 6 heteroatoms. The molecule has 0 aromatic heterocycles. The summed E-state index contributed by atoms with van der Waals surface area (Å²) < 4.78 is 1.06. The van der Waals surface area contributed by atoms with Gasteiger partial charge in [-0.25, -0.2) is 16.7 Å². The third-order valence-corrected chi connectivity index (χ3v) is 4.01. The Hall–Kier alpha value is -1.11. The summed E-state index contributed by atoms with van der Waals surface area (Å²) in [7, 11) is 0. The summed E-state index contributed by atoms with van der Waals surface area (Å²) in [5, 5.41) is 1.66. The van der Waals surface area contributed by atoms with Crippen molar-refractivity contribution in [2.45, 2.75) is 38.8 Å². The van der Waals surface area contributed by atoms with Crippen LogP contribution in [0, 0.1) is 5.92 Å².